The van der Waals surface area contributed by atoms with E-state index in [2.05, 4.69) is 26.2 Å². The first kappa shape index (κ1) is 13.3. The van der Waals surface area contributed by atoms with E-state index in [0.29, 0.717) is 21.7 Å². The van der Waals surface area contributed by atoms with Gasteiger partial charge in [-0.2, -0.15) is 0 Å². The van der Waals surface area contributed by atoms with Crippen LogP contribution >= 0.6 is 27.5 Å². The van der Waals surface area contributed by atoms with Gasteiger partial charge >= 0.3 is 0 Å². The topological polar surface area (TPSA) is 24.9 Å². The maximum Gasteiger partial charge on any atom is 0.125 e. The first-order valence-corrected chi connectivity index (χ1v) is 6.54. The zero-order valence-corrected chi connectivity index (χ0v) is 12.0. The van der Waals surface area contributed by atoms with Gasteiger partial charge in [-0.05, 0) is 47.1 Å². The van der Waals surface area contributed by atoms with Gasteiger partial charge in [0.1, 0.15) is 5.82 Å². The Hall–Kier alpha value is -1.13. The van der Waals surface area contributed by atoms with Crippen molar-refractivity contribution in [3.05, 3.63) is 57.0 Å². The van der Waals surface area contributed by atoms with Gasteiger partial charge in [0, 0.05) is 10.2 Å². The molecule has 0 aliphatic heterocycles. The largest absolute Gasteiger partial charge is 0.377 e. The van der Waals surface area contributed by atoms with Crippen LogP contribution in [0.2, 0.25) is 5.02 Å². The molecule has 0 radical (unpaired) electrons. The maximum absolute atomic E-state index is 13.1. The molecular formula is C13H11BrClFN2. The van der Waals surface area contributed by atoms with Crippen LogP contribution < -0.4 is 5.32 Å². The summed E-state index contributed by atoms with van der Waals surface area (Å²) in [4.78, 5) is 4.37. The molecule has 0 unspecified atom stereocenters. The van der Waals surface area contributed by atoms with Crippen LogP contribution in [0.25, 0.3) is 0 Å². The molecule has 1 heterocycles. The minimum absolute atomic E-state index is 0.342. The highest BCUT2D eigenvalue weighted by Crippen LogP contribution is 2.31. The van der Waals surface area contributed by atoms with E-state index in [0.717, 1.165) is 11.4 Å². The first-order chi connectivity index (χ1) is 8.56. The Bertz CT molecular complexity index is 552. The van der Waals surface area contributed by atoms with Crippen LogP contribution in [0.3, 0.4) is 0 Å². The third kappa shape index (κ3) is 3.21. The highest BCUT2D eigenvalue weighted by molar-refractivity contribution is 9.10. The fourth-order valence-corrected chi connectivity index (χ4v) is 2.55. The first-order valence-electron chi connectivity index (χ1n) is 5.37. The lowest BCUT2D eigenvalue weighted by Crippen LogP contribution is -2.03. The predicted octanol–water partition coefficient (Wildman–Crippen LogP) is 4.56. The number of benzene rings is 1. The number of nitrogens with zero attached hydrogens (tertiary/aromatic N) is 1. The average Bonchev–Trinajstić information content (AvgIpc) is 2.27. The molecule has 0 aliphatic rings. The molecule has 0 saturated carbocycles. The second-order valence-corrected chi connectivity index (χ2v) is 5.13. The molecule has 5 heteroatoms. The average molecular weight is 330 g/mol. The van der Waals surface area contributed by atoms with Crippen molar-refractivity contribution < 1.29 is 4.39 Å². The lowest BCUT2D eigenvalue weighted by Gasteiger charge is -2.10. The Kier molecular flexibility index (Phi) is 4.19. The molecule has 0 fully saturated rings. The van der Waals surface area contributed by atoms with E-state index >= 15 is 0 Å². The van der Waals surface area contributed by atoms with Crippen LogP contribution in [-0.4, -0.2) is 4.98 Å². The maximum atomic E-state index is 13.1. The Morgan fingerprint density at radius 2 is 2.17 bits per heavy atom. The number of pyridine rings is 1. The van der Waals surface area contributed by atoms with Crippen molar-refractivity contribution in [1.82, 2.24) is 4.98 Å². The van der Waals surface area contributed by atoms with Gasteiger partial charge < -0.3 is 5.32 Å². The standard InChI is InChI=1S/C13H11BrClFN2/c1-8-3-2-4-10(18-8)7-17-13-11(14)5-9(16)6-12(13)15/h2-6,17H,7H2,1H3. The van der Waals surface area contributed by atoms with E-state index in [1.54, 1.807) is 0 Å². The Morgan fingerprint density at radius 1 is 1.39 bits per heavy atom. The van der Waals surface area contributed by atoms with E-state index in [9.17, 15) is 4.39 Å². The molecular weight excluding hydrogens is 319 g/mol. The third-order valence-corrected chi connectivity index (χ3v) is 3.32. The highest BCUT2D eigenvalue weighted by atomic mass is 79.9. The Balaban J connectivity index is 2.16. The summed E-state index contributed by atoms with van der Waals surface area (Å²) in [5.41, 5.74) is 2.53. The van der Waals surface area contributed by atoms with Gasteiger partial charge in [-0.25, -0.2) is 4.39 Å². The highest BCUT2D eigenvalue weighted by Gasteiger charge is 2.08. The molecule has 2 nitrogen and oxygen atoms in total. The summed E-state index contributed by atoms with van der Waals surface area (Å²) in [5.74, 6) is -0.369. The Labute approximate surface area is 118 Å². The van der Waals surface area contributed by atoms with Gasteiger partial charge in [0.25, 0.3) is 0 Å². The quantitative estimate of drug-likeness (QED) is 0.893. The Morgan fingerprint density at radius 3 is 2.83 bits per heavy atom. The fraction of sp³-hybridized carbons (Fsp3) is 0.154. The summed E-state index contributed by atoms with van der Waals surface area (Å²) in [7, 11) is 0. The number of nitrogens with one attached hydrogen (secondary N) is 1. The summed E-state index contributed by atoms with van der Waals surface area (Å²) in [5, 5.41) is 3.49. The molecule has 94 valence electrons. The van der Waals surface area contributed by atoms with Crippen molar-refractivity contribution in [2.75, 3.05) is 5.32 Å². The summed E-state index contributed by atoms with van der Waals surface area (Å²) < 4.78 is 13.7. The molecule has 0 saturated heterocycles. The third-order valence-electron chi connectivity index (χ3n) is 2.40. The zero-order valence-electron chi connectivity index (χ0n) is 9.67. The van der Waals surface area contributed by atoms with Crippen molar-refractivity contribution in [1.29, 1.82) is 0 Å². The molecule has 1 N–H and O–H groups in total. The molecule has 0 aliphatic carbocycles. The van der Waals surface area contributed by atoms with Crippen LogP contribution in [0.5, 0.6) is 0 Å². The van der Waals surface area contributed by atoms with E-state index in [4.69, 9.17) is 11.6 Å². The minimum atomic E-state index is -0.369. The van der Waals surface area contributed by atoms with Gasteiger partial charge in [-0.3, -0.25) is 4.98 Å². The number of aryl methyl sites for hydroxylation is 1. The van der Waals surface area contributed by atoms with E-state index < -0.39 is 0 Å². The van der Waals surface area contributed by atoms with Crippen LogP contribution in [0.4, 0.5) is 10.1 Å². The summed E-state index contributed by atoms with van der Waals surface area (Å²) in [6.07, 6.45) is 0. The van der Waals surface area contributed by atoms with Crippen LogP contribution in [0.15, 0.2) is 34.8 Å². The van der Waals surface area contributed by atoms with Crippen LogP contribution in [-0.2, 0) is 6.54 Å². The number of halogens is 3. The van der Waals surface area contributed by atoms with Gasteiger partial charge in [-0.1, -0.05) is 17.7 Å². The van der Waals surface area contributed by atoms with Gasteiger partial charge in [-0.15, -0.1) is 0 Å². The molecule has 0 spiro atoms. The number of aromatic nitrogens is 1. The van der Waals surface area contributed by atoms with Gasteiger partial charge in [0.05, 0.1) is 22.9 Å². The molecule has 1 aromatic heterocycles. The van der Waals surface area contributed by atoms with Crippen molar-refractivity contribution in [2.45, 2.75) is 13.5 Å². The monoisotopic (exact) mass is 328 g/mol. The normalized spacial score (nSPS) is 10.4. The number of anilines is 1. The molecule has 2 aromatic rings. The molecule has 0 amide bonds. The van der Waals surface area contributed by atoms with Gasteiger partial charge in [0.2, 0.25) is 0 Å². The molecule has 1 aromatic carbocycles. The lowest BCUT2D eigenvalue weighted by molar-refractivity contribution is 0.627. The second kappa shape index (κ2) is 5.67. The van der Waals surface area contributed by atoms with Crippen molar-refractivity contribution in [2.24, 2.45) is 0 Å². The van der Waals surface area contributed by atoms with Crippen molar-refractivity contribution in [3.63, 3.8) is 0 Å². The number of rotatable bonds is 3. The van der Waals surface area contributed by atoms with Crippen molar-refractivity contribution >= 4 is 33.2 Å². The van der Waals surface area contributed by atoms with Crippen LogP contribution in [0.1, 0.15) is 11.4 Å². The SMILES string of the molecule is Cc1cccc(CNc2c(Cl)cc(F)cc2Br)n1. The minimum Gasteiger partial charge on any atom is -0.377 e. The molecule has 18 heavy (non-hydrogen) atoms. The fourth-order valence-electron chi connectivity index (χ4n) is 1.59. The van der Waals surface area contributed by atoms with Crippen LogP contribution in [0, 0.1) is 12.7 Å². The summed E-state index contributed by atoms with van der Waals surface area (Å²) in [6.45, 7) is 2.47. The van der Waals surface area contributed by atoms with E-state index in [-0.39, 0.29) is 5.82 Å². The van der Waals surface area contributed by atoms with E-state index in [1.165, 1.54) is 12.1 Å². The second-order valence-electron chi connectivity index (χ2n) is 3.87. The number of hydrogen-bond acceptors (Lipinski definition) is 2. The zero-order chi connectivity index (χ0) is 13.1. The number of hydrogen-bond donors (Lipinski definition) is 1. The van der Waals surface area contributed by atoms with E-state index in [1.807, 2.05) is 25.1 Å². The molecule has 2 rings (SSSR count). The van der Waals surface area contributed by atoms with Gasteiger partial charge in [0.15, 0.2) is 0 Å². The van der Waals surface area contributed by atoms with Crippen molar-refractivity contribution in [3.8, 4) is 0 Å². The molecule has 0 atom stereocenters. The lowest BCUT2D eigenvalue weighted by atomic mass is 10.2. The summed E-state index contributed by atoms with van der Waals surface area (Å²) >= 11 is 9.26. The smallest absolute Gasteiger partial charge is 0.125 e. The predicted molar refractivity (Wildman–Crippen MR) is 75.4 cm³/mol. The molecule has 0 bridgehead atoms. The summed E-state index contributed by atoms with van der Waals surface area (Å²) in [6, 6.07) is 8.45.